The molecule has 0 aromatic heterocycles. The first-order valence-corrected chi connectivity index (χ1v) is 9.93. The van der Waals surface area contributed by atoms with Gasteiger partial charge in [0.15, 0.2) is 6.61 Å². The average Bonchev–Trinajstić information content (AvgIpc) is 3.30. The Morgan fingerprint density at radius 3 is 2.26 bits per heavy atom. The number of carbonyl (C=O) groups excluding carboxylic acids is 3. The maximum Gasteiger partial charge on any atom is 0.417 e. The van der Waals surface area contributed by atoms with Crippen LogP contribution in [0.5, 0.6) is 0 Å². The highest BCUT2D eigenvalue weighted by Crippen LogP contribution is 2.43. The van der Waals surface area contributed by atoms with Crippen molar-refractivity contribution in [2.75, 3.05) is 19.7 Å². The fourth-order valence-corrected chi connectivity index (χ4v) is 4.85. The Morgan fingerprint density at radius 2 is 1.70 bits per heavy atom. The number of benzene rings is 1. The van der Waals surface area contributed by atoms with Crippen LogP contribution in [0.25, 0.3) is 0 Å². The van der Waals surface area contributed by atoms with Gasteiger partial charge in [-0.25, -0.2) is 9.69 Å². The van der Waals surface area contributed by atoms with Gasteiger partial charge in [-0.15, -0.1) is 0 Å². The first kappa shape index (κ1) is 18.3. The summed E-state index contributed by atoms with van der Waals surface area (Å²) in [7, 11) is 0. The molecule has 1 saturated carbocycles. The number of piperidine rings is 1. The molecule has 27 heavy (non-hydrogen) atoms. The van der Waals surface area contributed by atoms with Crippen LogP contribution in [0.3, 0.4) is 0 Å². The molecule has 0 unspecified atom stereocenters. The Hall–Kier alpha value is -2.08. The number of carbonyl (C=O) groups is 3. The minimum absolute atomic E-state index is 0.163. The van der Waals surface area contributed by atoms with Gasteiger partial charge in [-0.3, -0.25) is 9.59 Å². The SMILES string of the molecule is O=C1COC(=O)N1C1CCN(C(=O)C2(c3ccc(Cl)cc3)CCCC2)CC1. The summed E-state index contributed by atoms with van der Waals surface area (Å²) in [6, 6.07) is 7.46. The second-order valence-corrected chi connectivity index (χ2v) is 8.07. The van der Waals surface area contributed by atoms with E-state index in [0.29, 0.717) is 31.0 Å². The van der Waals surface area contributed by atoms with Crippen molar-refractivity contribution in [3.05, 3.63) is 34.9 Å². The fourth-order valence-electron chi connectivity index (χ4n) is 4.72. The molecule has 4 rings (SSSR count). The predicted octanol–water partition coefficient (Wildman–Crippen LogP) is 3.12. The molecule has 2 saturated heterocycles. The number of rotatable bonds is 3. The third kappa shape index (κ3) is 3.20. The van der Waals surface area contributed by atoms with E-state index in [1.54, 1.807) is 0 Å². The number of hydrogen-bond donors (Lipinski definition) is 0. The maximum atomic E-state index is 13.5. The molecule has 3 fully saturated rings. The van der Waals surface area contributed by atoms with Gasteiger partial charge < -0.3 is 9.64 Å². The highest BCUT2D eigenvalue weighted by atomic mass is 35.5. The number of amides is 3. The van der Waals surface area contributed by atoms with Gasteiger partial charge in [0.2, 0.25) is 5.91 Å². The monoisotopic (exact) mass is 390 g/mol. The molecule has 1 aromatic rings. The van der Waals surface area contributed by atoms with Crippen LogP contribution in [-0.4, -0.2) is 53.4 Å². The van der Waals surface area contributed by atoms with Crippen LogP contribution in [-0.2, 0) is 19.7 Å². The molecule has 3 amide bonds. The third-order valence-corrected chi connectivity index (χ3v) is 6.42. The van der Waals surface area contributed by atoms with Crippen molar-refractivity contribution >= 4 is 29.5 Å². The fraction of sp³-hybridized carbons (Fsp3) is 0.550. The van der Waals surface area contributed by atoms with Gasteiger partial charge in [-0.05, 0) is 43.4 Å². The maximum absolute atomic E-state index is 13.5. The van der Waals surface area contributed by atoms with Gasteiger partial charge in [0, 0.05) is 24.2 Å². The zero-order valence-corrected chi connectivity index (χ0v) is 15.9. The molecule has 0 bridgehead atoms. The Bertz CT molecular complexity index is 734. The summed E-state index contributed by atoms with van der Waals surface area (Å²) in [5.74, 6) is -0.116. The summed E-state index contributed by atoms with van der Waals surface area (Å²) in [6.07, 6.45) is 4.43. The summed E-state index contributed by atoms with van der Waals surface area (Å²) >= 11 is 6.03. The van der Waals surface area contributed by atoms with E-state index in [2.05, 4.69) is 0 Å². The summed E-state index contributed by atoms with van der Waals surface area (Å²) < 4.78 is 4.82. The number of nitrogens with zero attached hydrogens (tertiary/aromatic N) is 2. The van der Waals surface area contributed by atoms with Crippen molar-refractivity contribution in [2.45, 2.75) is 50.0 Å². The van der Waals surface area contributed by atoms with E-state index < -0.39 is 11.5 Å². The molecule has 7 heteroatoms. The van der Waals surface area contributed by atoms with Gasteiger partial charge in [0.25, 0.3) is 5.91 Å². The molecule has 3 aliphatic rings. The number of likely N-dealkylation sites (tertiary alicyclic amines) is 1. The number of cyclic esters (lactones) is 1. The number of imide groups is 1. The Labute approximate surface area is 163 Å². The van der Waals surface area contributed by atoms with E-state index in [0.717, 1.165) is 31.2 Å². The standard InChI is InChI=1S/C20H23ClN2O4/c21-15-5-3-14(4-6-15)20(9-1-2-10-20)18(25)22-11-7-16(8-12-22)23-17(24)13-27-19(23)26/h3-6,16H,1-2,7-13H2. The van der Waals surface area contributed by atoms with Crippen molar-refractivity contribution in [3.63, 3.8) is 0 Å². The first-order chi connectivity index (χ1) is 13.0. The molecule has 0 radical (unpaired) electrons. The Kier molecular flexibility index (Phi) is 4.84. The van der Waals surface area contributed by atoms with E-state index >= 15 is 0 Å². The second-order valence-electron chi connectivity index (χ2n) is 7.64. The second kappa shape index (κ2) is 7.15. The van der Waals surface area contributed by atoms with Gasteiger partial charge in [-0.1, -0.05) is 36.6 Å². The van der Waals surface area contributed by atoms with E-state index in [9.17, 15) is 14.4 Å². The molecule has 2 aliphatic heterocycles. The van der Waals surface area contributed by atoms with Crippen molar-refractivity contribution in [1.29, 1.82) is 0 Å². The van der Waals surface area contributed by atoms with Crippen LogP contribution >= 0.6 is 11.6 Å². The van der Waals surface area contributed by atoms with Gasteiger partial charge in [-0.2, -0.15) is 0 Å². The van der Waals surface area contributed by atoms with Crippen molar-refractivity contribution in [1.82, 2.24) is 9.80 Å². The summed E-state index contributed by atoms with van der Waals surface area (Å²) in [4.78, 5) is 40.2. The molecular weight excluding hydrogens is 368 g/mol. The minimum atomic E-state index is -0.557. The lowest BCUT2D eigenvalue weighted by molar-refractivity contribution is -0.139. The molecule has 6 nitrogen and oxygen atoms in total. The zero-order valence-electron chi connectivity index (χ0n) is 15.2. The van der Waals surface area contributed by atoms with Crippen LogP contribution in [0.4, 0.5) is 4.79 Å². The lowest BCUT2D eigenvalue weighted by atomic mass is 9.77. The summed E-state index contributed by atoms with van der Waals surface area (Å²) in [5, 5.41) is 0.669. The molecule has 0 spiro atoms. The highest BCUT2D eigenvalue weighted by Gasteiger charge is 2.46. The van der Waals surface area contributed by atoms with Crippen LogP contribution < -0.4 is 0 Å². The van der Waals surface area contributed by atoms with E-state index in [1.807, 2.05) is 29.2 Å². The smallest absolute Gasteiger partial charge is 0.417 e. The highest BCUT2D eigenvalue weighted by molar-refractivity contribution is 6.30. The van der Waals surface area contributed by atoms with E-state index in [-0.39, 0.29) is 24.5 Å². The molecule has 1 aromatic carbocycles. The quantitative estimate of drug-likeness (QED) is 0.795. The zero-order chi connectivity index (χ0) is 19.0. The number of halogens is 1. The Balaban J connectivity index is 1.48. The van der Waals surface area contributed by atoms with Crippen molar-refractivity contribution in [3.8, 4) is 0 Å². The summed E-state index contributed by atoms with van der Waals surface area (Å²) in [6.45, 7) is 0.934. The predicted molar refractivity (Wildman–Crippen MR) is 99.4 cm³/mol. The van der Waals surface area contributed by atoms with E-state index in [1.165, 1.54) is 4.90 Å². The molecule has 144 valence electrons. The molecule has 0 N–H and O–H groups in total. The molecular formula is C20H23ClN2O4. The summed E-state index contributed by atoms with van der Waals surface area (Å²) in [5.41, 5.74) is 0.564. The van der Waals surface area contributed by atoms with E-state index in [4.69, 9.17) is 16.3 Å². The van der Waals surface area contributed by atoms with Crippen LogP contribution in [0.15, 0.2) is 24.3 Å². The average molecular weight is 391 g/mol. The van der Waals surface area contributed by atoms with Gasteiger partial charge in [0.1, 0.15) is 0 Å². The topological polar surface area (TPSA) is 66.9 Å². The number of ether oxygens (including phenoxy) is 1. The number of hydrogen-bond acceptors (Lipinski definition) is 4. The van der Waals surface area contributed by atoms with Crippen molar-refractivity contribution in [2.24, 2.45) is 0 Å². The van der Waals surface area contributed by atoms with Crippen LogP contribution in [0.2, 0.25) is 5.02 Å². The lowest BCUT2D eigenvalue weighted by Gasteiger charge is -2.40. The molecule has 0 atom stereocenters. The Morgan fingerprint density at radius 1 is 1.07 bits per heavy atom. The normalized spacial score (nSPS) is 23.0. The van der Waals surface area contributed by atoms with Gasteiger partial charge in [0.05, 0.1) is 5.41 Å². The first-order valence-electron chi connectivity index (χ1n) is 9.55. The van der Waals surface area contributed by atoms with Gasteiger partial charge >= 0.3 is 6.09 Å². The largest absolute Gasteiger partial charge is 0.439 e. The molecule has 1 aliphatic carbocycles. The minimum Gasteiger partial charge on any atom is -0.439 e. The molecule has 2 heterocycles. The third-order valence-electron chi connectivity index (χ3n) is 6.16. The van der Waals surface area contributed by atoms with Crippen LogP contribution in [0.1, 0.15) is 44.1 Å². The lowest BCUT2D eigenvalue weighted by Crippen LogP contribution is -2.52. The van der Waals surface area contributed by atoms with Crippen molar-refractivity contribution < 1.29 is 19.1 Å². The van der Waals surface area contributed by atoms with Crippen LogP contribution in [0, 0.1) is 0 Å².